The quantitative estimate of drug-likeness (QED) is 0.597. The second-order valence-corrected chi connectivity index (χ2v) is 7.77. The molecule has 2 unspecified atom stereocenters. The van der Waals surface area contributed by atoms with Crippen LogP contribution in [0.4, 0.5) is 11.4 Å². The van der Waals surface area contributed by atoms with Gasteiger partial charge in [-0.3, -0.25) is 14.9 Å². The molecule has 7 nitrogen and oxygen atoms in total. The van der Waals surface area contributed by atoms with E-state index >= 15 is 0 Å². The van der Waals surface area contributed by atoms with E-state index in [9.17, 15) is 14.9 Å². The molecule has 7 heteroatoms. The zero-order valence-corrected chi connectivity index (χ0v) is 15.3. The van der Waals surface area contributed by atoms with Crippen molar-refractivity contribution in [3.8, 4) is 0 Å². The molecular weight excluding hydrogens is 332 g/mol. The van der Waals surface area contributed by atoms with Gasteiger partial charge < -0.3 is 14.7 Å². The Kier molecular flexibility index (Phi) is 4.56. The summed E-state index contributed by atoms with van der Waals surface area (Å²) < 4.78 is 0. The Hall–Kier alpha value is -2.15. The monoisotopic (exact) mass is 358 g/mol. The van der Waals surface area contributed by atoms with Crippen LogP contribution < -0.4 is 4.90 Å². The molecule has 0 saturated carbocycles. The predicted octanol–water partition coefficient (Wildman–Crippen LogP) is 1.90. The van der Waals surface area contributed by atoms with Gasteiger partial charge in [0.15, 0.2) is 0 Å². The largest absolute Gasteiger partial charge is 0.368 e. The first-order valence-corrected chi connectivity index (χ1v) is 9.56. The molecule has 0 N–H and O–H groups in total. The number of piperazine rings is 1. The number of fused-ring (bicyclic) bond motifs is 3. The number of likely N-dealkylation sites (N-methyl/N-ethyl adjacent to an activating group) is 1. The van der Waals surface area contributed by atoms with Crippen molar-refractivity contribution in [1.29, 1.82) is 0 Å². The van der Waals surface area contributed by atoms with Crippen LogP contribution in [-0.4, -0.2) is 66.4 Å². The number of nitro groups is 1. The van der Waals surface area contributed by atoms with Crippen molar-refractivity contribution in [3.05, 3.63) is 33.9 Å². The topological polar surface area (TPSA) is 69.9 Å². The average molecular weight is 358 g/mol. The molecule has 0 aromatic heterocycles. The van der Waals surface area contributed by atoms with E-state index in [1.807, 2.05) is 11.0 Å². The molecule has 1 aromatic carbocycles. The van der Waals surface area contributed by atoms with Crippen molar-refractivity contribution in [1.82, 2.24) is 9.80 Å². The summed E-state index contributed by atoms with van der Waals surface area (Å²) in [5.74, 6) is 0.139. The van der Waals surface area contributed by atoms with Crippen LogP contribution in [0, 0.1) is 16.0 Å². The number of hydrogen-bond acceptors (Lipinski definition) is 5. The third-order valence-corrected chi connectivity index (χ3v) is 6.17. The van der Waals surface area contributed by atoms with Gasteiger partial charge in [0.05, 0.1) is 10.8 Å². The van der Waals surface area contributed by atoms with Crippen LogP contribution in [0.3, 0.4) is 0 Å². The molecule has 1 amide bonds. The Morgan fingerprint density at radius 2 is 1.92 bits per heavy atom. The third-order valence-electron chi connectivity index (χ3n) is 6.17. The summed E-state index contributed by atoms with van der Waals surface area (Å²) in [6.07, 6.45) is 3.91. The molecule has 0 spiro atoms. The molecule has 0 bridgehead atoms. The number of rotatable bonds is 2. The van der Waals surface area contributed by atoms with Crippen molar-refractivity contribution in [3.63, 3.8) is 0 Å². The van der Waals surface area contributed by atoms with Crippen molar-refractivity contribution in [2.24, 2.45) is 5.92 Å². The van der Waals surface area contributed by atoms with E-state index in [1.165, 1.54) is 0 Å². The number of nitrogens with zero attached hydrogens (tertiary/aromatic N) is 4. The molecule has 140 valence electrons. The third kappa shape index (κ3) is 3.05. The van der Waals surface area contributed by atoms with Gasteiger partial charge in [-0.15, -0.1) is 0 Å². The van der Waals surface area contributed by atoms with E-state index in [1.54, 1.807) is 12.1 Å². The van der Waals surface area contributed by atoms with Gasteiger partial charge >= 0.3 is 0 Å². The summed E-state index contributed by atoms with van der Waals surface area (Å²) in [5.41, 5.74) is 2.15. The summed E-state index contributed by atoms with van der Waals surface area (Å²) in [5, 5.41) is 11.2. The maximum Gasteiger partial charge on any atom is 0.269 e. The van der Waals surface area contributed by atoms with E-state index < -0.39 is 0 Å². The Morgan fingerprint density at radius 3 is 2.65 bits per heavy atom. The molecule has 0 radical (unpaired) electrons. The van der Waals surface area contributed by atoms with Crippen molar-refractivity contribution in [2.45, 2.75) is 31.7 Å². The van der Waals surface area contributed by atoms with Gasteiger partial charge in [0, 0.05) is 56.6 Å². The number of carbonyl (C=O) groups excluding carboxylic acids is 1. The highest BCUT2D eigenvalue weighted by Gasteiger charge is 2.41. The van der Waals surface area contributed by atoms with Gasteiger partial charge in [-0.25, -0.2) is 0 Å². The fourth-order valence-corrected chi connectivity index (χ4v) is 4.69. The lowest BCUT2D eigenvalue weighted by Gasteiger charge is -2.47. The van der Waals surface area contributed by atoms with E-state index in [-0.39, 0.29) is 28.5 Å². The van der Waals surface area contributed by atoms with Crippen LogP contribution in [0.5, 0.6) is 0 Å². The van der Waals surface area contributed by atoms with Crippen LogP contribution in [0.2, 0.25) is 0 Å². The number of non-ortho nitro benzene ring substituents is 1. The van der Waals surface area contributed by atoms with Crippen LogP contribution in [0.25, 0.3) is 0 Å². The Bertz CT molecular complexity index is 715. The average Bonchev–Trinajstić information content (AvgIpc) is 2.67. The highest BCUT2D eigenvalue weighted by Crippen LogP contribution is 2.40. The minimum Gasteiger partial charge on any atom is -0.368 e. The smallest absolute Gasteiger partial charge is 0.269 e. The molecule has 3 aliphatic rings. The lowest BCUT2D eigenvalue weighted by atomic mass is 9.80. The molecule has 0 aliphatic carbocycles. The van der Waals surface area contributed by atoms with Gasteiger partial charge in [0.2, 0.25) is 5.91 Å². The van der Waals surface area contributed by atoms with E-state index in [4.69, 9.17) is 0 Å². The summed E-state index contributed by atoms with van der Waals surface area (Å²) in [6.45, 7) is 4.31. The van der Waals surface area contributed by atoms with E-state index in [0.717, 1.165) is 63.2 Å². The number of carbonyl (C=O) groups is 1. The number of piperidine rings is 1. The second kappa shape index (κ2) is 6.87. The number of amides is 1. The first-order valence-electron chi connectivity index (χ1n) is 9.56. The SMILES string of the molecule is CN1CCN(C(=O)C2Cc3cc([N+](=O)[O-])ccc3N3CCCCC23)CC1. The molecular formula is C19H26N4O3. The summed E-state index contributed by atoms with van der Waals surface area (Å²) >= 11 is 0. The van der Waals surface area contributed by atoms with Gasteiger partial charge in [-0.2, -0.15) is 0 Å². The lowest BCUT2D eigenvalue weighted by Crippen LogP contribution is -2.56. The number of hydrogen-bond donors (Lipinski definition) is 0. The van der Waals surface area contributed by atoms with Crippen molar-refractivity contribution >= 4 is 17.3 Å². The molecule has 2 saturated heterocycles. The Labute approximate surface area is 153 Å². The second-order valence-electron chi connectivity index (χ2n) is 7.77. The molecule has 4 rings (SSSR count). The Morgan fingerprint density at radius 1 is 1.15 bits per heavy atom. The number of benzene rings is 1. The van der Waals surface area contributed by atoms with Gasteiger partial charge in [0.1, 0.15) is 0 Å². The molecule has 2 atom stereocenters. The summed E-state index contributed by atoms with van der Waals surface area (Å²) in [6, 6.07) is 5.37. The number of anilines is 1. The van der Waals surface area contributed by atoms with Crippen molar-refractivity contribution in [2.75, 3.05) is 44.7 Å². The minimum atomic E-state index is -0.347. The minimum absolute atomic E-state index is 0.0896. The Balaban J connectivity index is 1.64. The molecule has 26 heavy (non-hydrogen) atoms. The molecule has 3 aliphatic heterocycles. The molecule has 3 heterocycles. The van der Waals surface area contributed by atoms with Crippen LogP contribution in [-0.2, 0) is 11.2 Å². The number of nitro benzene ring substituents is 1. The first-order chi connectivity index (χ1) is 12.5. The highest BCUT2D eigenvalue weighted by atomic mass is 16.6. The zero-order chi connectivity index (χ0) is 18.3. The van der Waals surface area contributed by atoms with Gasteiger partial charge in [-0.1, -0.05) is 0 Å². The fourth-order valence-electron chi connectivity index (χ4n) is 4.69. The van der Waals surface area contributed by atoms with Gasteiger partial charge in [0.25, 0.3) is 5.69 Å². The summed E-state index contributed by atoms with van der Waals surface area (Å²) in [7, 11) is 2.08. The standard InChI is InChI=1S/C19H26N4O3/c1-20-8-10-21(11-9-20)19(24)16-13-14-12-15(23(25)26)5-6-17(14)22-7-3-2-4-18(16)22/h5-6,12,16,18H,2-4,7-11,13H2,1H3. The molecule has 2 fully saturated rings. The van der Waals surface area contributed by atoms with Gasteiger partial charge in [-0.05, 0) is 44.4 Å². The normalized spacial score (nSPS) is 26.2. The predicted molar refractivity (Wildman–Crippen MR) is 99.4 cm³/mol. The highest BCUT2D eigenvalue weighted by molar-refractivity contribution is 5.82. The fraction of sp³-hybridized carbons (Fsp3) is 0.632. The van der Waals surface area contributed by atoms with E-state index in [0.29, 0.717) is 6.42 Å². The summed E-state index contributed by atoms with van der Waals surface area (Å²) in [4.78, 5) is 30.7. The van der Waals surface area contributed by atoms with E-state index in [2.05, 4.69) is 16.8 Å². The first kappa shape index (κ1) is 17.3. The van der Waals surface area contributed by atoms with Crippen LogP contribution in [0.15, 0.2) is 18.2 Å². The maximum absolute atomic E-state index is 13.3. The van der Waals surface area contributed by atoms with Crippen molar-refractivity contribution < 1.29 is 9.72 Å². The van der Waals surface area contributed by atoms with Crippen LogP contribution >= 0.6 is 0 Å². The molecule has 1 aromatic rings. The van der Waals surface area contributed by atoms with Crippen LogP contribution in [0.1, 0.15) is 24.8 Å². The lowest BCUT2D eigenvalue weighted by molar-refractivity contribution is -0.384. The zero-order valence-electron chi connectivity index (χ0n) is 15.3. The maximum atomic E-state index is 13.3.